The van der Waals surface area contributed by atoms with Crippen molar-refractivity contribution in [1.82, 2.24) is 15.1 Å². The maximum Gasteiger partial charge on any atom is 0.0649 e. The van der Waals surface area contributed by atoms with Crippen molar-refractivity contribution < 1.29 is 0 Å². The summed E-state index contributed by atoms with van der Waals surface area (Å²) in [6, 6.07) is 12.7. The summed E-state index contributed by atoms with van der Waals surface area (Å²) in [7, 11) is 2.01. The van der Waals surface area contributed by atoms with E-state index in [1.807, 2.05) is 47.9 Å². The molecule has 1 N–H and O–H groups in total. The van der Waals surface area contributed by atoms with Crippen molar-refractivity contribution in [3.05, 3.63) is 48.3 Å². The molecule has 0 bridgehead atoms. The zero-order valence-corrected chi connectivity index (χ0v) is 11.7. The van der Waals surface area contributed by atoms with Crippen LogP contribution in [0.25, 0.3) is 5.69 Å². The highest BCUT2D eigenvalue weighted by Crippen LogP contribution is 2.20. The number of rotatable bonds is 6. The molecule has 96 valence electrons. The Labute approximate surface area is 113 Å². The van der Waals surface area contributed by atoms with Crippen molar-refractivity contribution in [1.29, 1.82) is 0 Å². The lowest BCUT2D eigenvalue weighted by atomic mass is 10.1. The molecular weight excluding hydrogens is 242 g/mol. The number of nitrogens with zero attached hydrogens (tertiary/aromatic N) is 2. The predicted molar refractivity (Wildman–Crippen MR) is 78.4 cm³/mol. The molecule has 0 aliphatic carbocycles. The molecule has 2 rings (SSSR count). The number of para-hydroxylation sites is 1. The van der Waals surface area contributed by atoms with Crippen LogP contribution < -0.4 is 5.32 Å². The molecule has 1 aromatic heterocycles. The summed E-state index contributed by atoms with van der Waals surface area (Å²) in [5.41, 5.74) is 2.33. The lowest BCUT2D eigenvalue weighted by molar-refractivity contribution is 0.546. The van der Waals surface area contributed by atoms with E-state index < -0.39 is 0 Å². The molecule has 1 unspecified atom stereocenters. The highest BCUT2D eigenvalue weighted by Gasteiger charge is 2.14. The van der Waals surface area contributed by atoms with Crippen molar-refractivity contribution in [3.8, 4) is 5.69 Å². The van der Waals surface area contributed by atoms with Crippen LogP contribution in [0.4, 0.5) is 0 Å². The Balaban J connectivity index is 2.26. The monoisotopic (exact) mass is 261 g/mol. The SMILES string of the molecule is CNC(CCSC)c1ccnn1-c1ccccc1. The molecule has 0 saturated carbocycles. The van der Waals surface area contributed by atoms with Crippen molar-refractivity contribution in [2.45, 2.75) is 12.5 Å². The first-order valence-corrected chi connectivity index (χ1v) is 7.51. The van der Waals surface area contributed by atoms with Gasteiger partial charge in [-0.15, -0.1) is 0 Å². The summed E-state index contributed by atoms with van der Waals surface area (Å²) in [4.78, 5) is 0. The zero-order valence-electron chi connectivity index (χ0n) is 10.8. The Morgan fingerprint density at radius 1 is 1.28 bits per heavy atom. The molecule has 0 fully saturated rings. The van der Waals surface area contributed by atoms with Gasteiger partial charge in [0.25, 0.3) is 0 Å². The van der Waals surface area contributed by atoms with E-state index in [0.717, 1.165) is 17.9 Å². The smallest absolute Gasteiger partial charge is 0.0649 e. The fourth-order valence-corrected chi connectivity index (χ4v) is 2.51. The summed E-state index contributed by atoms with van der Waals surface area (Å²) in [5, 5.41) is 7.81. The summed E-state index contributed by atoms with van der Waals surface area (Å²) in [6.07, 6.45) is 5.11. The number of benzene rings is 1. The third-order valence-electron chi connectivity index (χ3n) is 2.99. The lowest BCUT2D eigenvalue weighted by Gasteiger charge is -2.17. The molecule has 0 spiro atoms. The number of hydrogen-bond donors (Lipinski definition) is 1. The highest BCUT2D eigenvalue weighted by molar-refractivity contribution is 7.98. The van der Waals surface area contributed by atoms with Crippen molar-refractivity contribution in [2.75, 3.05) is 19.1 Å². The quantitative estimate of drug-likeness (QED) is 0.867. The highest BCUT2D eigenvalue weighted by atomic mass is 32.2. The zero-order chi connectivity index (χ0) is 12.8. The molecule has 1 heterocycles. The van der Waals surface area contributed by atoms with Gasteiger partial charge in [-0.05, 0) is 43.7 Å². The van der Waals surface area contributed by atoms with Crippen LogP contribution in [0.15, 0.2) is 42.6 Å². The second-order valence-electron chi connectivity index (χ2n) is 4.13. The first-order valence-electron chi connectivity index (χ1n) is 6.12. The second kappa shape index (κ2) is 6.61. The Bertz CT molecular complexity index is 467. The van der Waals surface area contributed by atoms with Gasteiger partial charge >= 0.3 is 0 Å². The van der Waals surface area contributed by atoms with Gasteiger partial charge in [0.2, 0.25) is 0 Å². The van der Waals surface area contributed by atoms with E-state index in [0.29, 0.717) is 6.04 Å². The van der Waals surface area contributed by atoms with Crippen LogP contribution in [-0.4, -0.2) is 28.8 Å². The van der Waals surface area contributed by atoms with Gasteiger partial charge in [-0.3, -0.25) is 0 Å². The van der Waals surface area contributed by atoms with Gasteiger partial charge in [-0.2, -0.15) is 16.9 Å². The molecule has 4 heteroatoms. The normalized spacial score (nSPS) is 12.6. The van der Waals surface area contributed by atoms with Gasteiger partial charge in [0.15, 0.2) is 0 Å². The van der Waals surface area contributed by atoms with Gasteiger partial charge in [-0.1, -0.05) is 18.2 Å². The van der Waals surface area contributed by atoms with E-state index in [1.165, 1.54) is 5.69 Å². The van der Waals surface area contributed by atoms with E-state index in [-0.39, 0.29) is 0 Å². The van der Waals surface area contributed by atoms with Crippen LogP contribution in [0.5, 0.6) is 0 Å². The largest absolute Gasteiger partial charge is 0.312 e. The maximum absolute atomic E-state index is 4.43. The molecule has 0 aliphatic rings. The Hall–Kier alpha value is -1.26. The summed E-state index contributed by atoms with van der Waals surface area (Å²) in [5.74, 6) is 1.14. The van der Waals surface area contributed by atoms with Crippen molar-refractivity contribution in [3.63, 3.8) is 0 Å². The second-order valence-corrected chi connectivity index (χ2v) is 5.11. The third-order valence-corrected chi connectivity index (χ3v) is 3.63. The minimum absolute atomic E-state index is 0.347. The summed E-state index contributed by atoms with van der Waals surface area (Å²) >= 11 is 1.87. The third kappa shape index (κ3) is 2.94. The Morgan fingerprint density at radius 3 is 2.72 bits per heavy atom. The van der Waals surface area contributed by atoms with Gasteiger partial charge < -0.3 is 5.32 Å². The van der Waals surface area contributed by atoms with Crippen molar-refractivity contribution >= 4 is 11.8 Å². The standard InChI is InChI=1S/C14H19N3S/c1-15-13(9-11-18-2)14-8-10-16-17(14)12-6-4-3-5-7-12/h3-8,10,13,15H,9,11H2,1-2H3. The molecule has 3 nitrogen and oxygen atoms in total. The van der Waals surface area contributed by atoms with E-state index in [9.17, 15) is 0 Å². The minimum atomic E-state index is 0.347. The van der Waals surface area contributed by atoms with Crippen LogP contribution in [0.2, 0.25) is 0 Å². The minimum Gasteiger partial charge on any atom is -0.312 e. The topological polar surface area (TPSA) is 29.9 Å². The van der Waals surface area contributed by atoms with Crippen LogP contribution in [-0.2, 0) is 0 Å². The molecule has 0 aliphatic heterocycles. The molecule has 2 aromatic rings. The fourth-order valence-electron chi connectivity index (χ4n) is 2.04. The number of hydrogen-bond acceptors (Lipinski definition) is 3. The number of nitrogens with one attached hydrogen (secondary N) is 1. The summed E-state index contributed by atoms with van der Waals surface area (Å²) in [6.45, 7) is 0. The first-order chi connectivity index (χ1) is 8.86. The van der Waals surface area contributed by atoms with Crippen LogP contribution in [0.1, 0.15) is 18.2 Å². The molecule has 0 amide bonds. The predicted octanol–water partition coefficient (Wildman–Crippen LogP) is 2.89. The summed E-state index contributed by atoms with van der Waals surface area (Å²) < 4.78 is 2.02. The Morgan fingerprint density at radius 2 is 2.06 bits per heavy atom. The average Bonchev–Trinajstić information content (AvgIpc) is 2.90. The molecular formula is C14H19N3S. The van der Waals surface area contributed by atoms with Crippen LogP contribution >= 0.6 is 11.8 Å². The van der Waals surface area contributed by atoms with Crippen LogP contribution in [0.3, 0.4) is 0 Å². The van der Waals surface area contributed by atoms with Crippen LogP contribution in [0, 0.1) is 0 Å². The lowest BCUT2D eigenvalue weighted by Crippen LogP contribution is -2.20. The van der Waals surface area contributed by atoms with Gasteiger partial charge in [0.05, 0.1) is 17.4 Å². The Kier molecular flexibility index (Phi) is 4.84. The van der Waals surface area contributed by atoms with E-state index in [1.54, 1.807) is 0 Å². The van der Waals surface area contributed by atoms with E-state index in [4.69, 9.17) is 0 Å². The molecule has 1 atom stereocenters. The molecule has 18 heavy (non-hydrogen) atoms. The van der Waals surface area contributed by atoms with E-state index >= 15 is 0 Å². The number of thioether (sulfide) groups is 1. The average molecular weight is 261 g/mol. The molecule has 0 saturated heterocycles. The number of aromatic nitrogens is 2. The molecule has 0 radical (unpaired) electrons. The molecule has 1 aromatic carbocycles. The van der Waals surface area contributed by atoms with E-state index in [2.05, 4.69) is 34.9 Å². The first kappa shape index (κ1) is 13.2. The van der Waals surface area contributed by atoms with Crippen molar-refractivity contribution in [2.24, 2.45) is 0 Å². The van der Waals surface area contributed by atoms with Gasteiger partial charge in [-0.25, -0.2) is 4.68 Å². The maximum atomic E-state index is 4.43. The fraction of sp³-hybridized carbons (Fsp3) is 0.357. The van der Waals surface area contributed by atoms with Gasteiger partial charge in [0, 0.05) is 6.20 Å². The van der Waals surface area contributed by atoms with Gasteiger partial charge in [0.1, 0.15) is 0 Å².